The molecule has 0 spiro atoms. The van der Waals surface area contributed by atoms with Gasteiger partial charge in [-0.1, -0.05) is 5.16 Å². The molecule has 30 heavy (non-hydrogen) atoms. The molecule has 8 heteroatoms. The van der Waals surface area contributed by atoms with Crippen molar-refractivity contribution < 1.29 is 14.1 Å². The van der Waals surface area contributed by atoms with Gasteiger partial charge in [-0.2, -0.15) is 0 Å². The van der Waals surface area contributed by atoms with E-state index in [4.69, 9.17) is 4.52 Å². The van der Waals surface area contributed by atoms with Gasteiger partial charge in [0.25, 0.3) is 17.5 Å². The van der Waals surface area contributed by atoms with Crippen molar-refractivity contribution >= 4 is 39.9 Å². The first-order chi connectivity index (χ1) is 14.4. The van der Waals surface area contributed by atoms with E-state index < -0.39 is 0 Å². The second-order valence-electron chi connectivity index (χ2n) is 6.94. The maximum absolute atomic E-state index is 13.1. The highest BCUT2D eigenvalue weighted by Crippen LogP contribution is 2.33. The number of amides is 2. The average molecular weight is 420 g/mol. The number of hydrogen-bond acceptors (Lipinski definition) is 6. The lowest BCUT2D eigenvalue weighted by Crippen LogP contribution is -2.18. The number of nitrogens with one attached hydrogen (secondary N) is 2. The number of carbonyl (C=O) groups is 2. The number of carbonyl (C=O) groups excluding carboxylic acids is 2. The monoisotopic (exact) mass is 420 g/mol. The van der Waals surface area contributed by atoms with E-state index in [2.05, 4.69) is 26.8 Å². The molecule has 7 nitrogen and oxygen atoms in total. The summed E-state index contributed by atoms with van der Waals surface area (Å²) < 4.78 is 5.37. The van der Waals surface area contributed by atoms with Crippen LogP contribution in [-0.2, 0) is 0 Å². The van der Waals surface area contributed by atoms with Crippen LogP contribution in [0.2, 0.25) is 0 Å². The van der Waals surface area contributed by atoms with Crippen molar-refractivity contribution in [1.82, 2.24) is 15.5 Å². The number of aromatic nitrogens is 2. The van der Waals surface area contributed by atoms with Crippen LogP contribution in [0.1, 0.15) is 36.2 Å². The molecular weight excluding hydrogens is 400 g/mol. The Kier molecular flexibility index (Phi) is 5.09. The first-order valence-electron chi connectivity index (χ1n) is 9.35. The highest BCUT2D eigenvalue weighted by molar-refractivity contribution is 7.12. The molecule has 0 atom stereocenters. The van der Waals surface area contributed by atoms with Gasteiger partial charge in [0.1, 0.15) is 0 Å². The highest BCUT2D eigenvalue weighted by Gasteiger charge is 2.21. The fraction of sp³-hybridized carbons (Fsp3) is 0.182. The Morgan fingerprint density at radius 1 is 1.03 bits per heavy atom. The van der Waals surface area contributed by atoms with Gasteiger partial charge in [0.15, 0.2) is 0 Å². The minimum atomic E-state index is -0.299. The Balaban J connectivity index is 1.73. The number of hydrogen-bond donors (Lipinski definition) is 2. The van der Waals surface area contributed by atoms with Crippen LogP contribution in [0.3, 0.4) is 0 Å². The summed E-state index contributed by atoms with van der Waals surface area (Å²) in [4.78, 5) is 31.7. The molecule has 0 aliphatic rings. The van der Waals surface area contributed by atoms with Crippen LogP contribution in [0.4, 0.5) is 5.69 Å². The number of thiophene rings is 1. The predicted molar refractivity (Wildman–Crippen MR) is 117 cm³/mol. The smallest absolute Gasteiger partial charge is 0.259 e. The standard InChI is InChI=1S/C22H20N4O3S/c1-11-9-16(13(3)30-11)18-10-17(19-12(2)26-29-22(19)25-18)21(28)24-15-7-5-14(6-8-15)20(27)23-4/h5-10H,1-4H3,(H,23,27)(H,24,28). The fourth-order valence-electron chi connectivity index (χ4n) is 3.34. The largest absolute Gasteiger partial charge is 0.355 e. The molecule has 4 rings (SSSR count). The van der Waals surface area contributed by atoms with Gasteiger partial charge < -0.3 is 15.2 Å². The number of benzene rings is 1. The van der Waals surface area contributed by atoms with Crippen LogP contribution in [0.25, 0.3) is 22.4 Å². The third kappa shape index (κ3) is 3.57. The van der Waals surface area contributed by atoms with Gasteiger partial charge in [-0.25, -0.2) is 4.98 Å². The minimum absolute atomic E-state index is 0.185. The molecule has 1 aromatic carbocycles. The number of fused-ring (bicyclic) bond motifs is 1. The van der Waals surface area contributed by atoms with E-state index in [1.54, 1.807) is 55.6 Å². The van der Waals surface area contributed by atoms with Gasteiger partial charge in [0, 0.05) is 33.6 Å². The summed E-state index contributed by atoms with van der Waals surface area (Å²) in [5, 5.41) is 10.0. The lowest BCUT2D eigenvalue weighted by atomic mass is 10.1. The van der Waals surface area contributed by atoms with E-state index in [9.17, 15) is 9.59 Å². The summed E-state index contributed by atoms with van der Waals surface area (Å²) in [7, 11) is 1.57. The lowest BCUT2D eigenvalue weighted by molar-refractivity contribution is 0.0962. The van der Waals surface area contributed by atoms with Crippen LogP contribution >= 0.6 is 11.3 Å². The topological polar surface area (TPSA) is 97.1 Å². The van der Waals surface area contributed by atoms with Crippen LogP contribution in [0.15, 0.2) is 40.9 Å². The molecule has 3 aromatic heterocycles. The van der Waals surface area contributed by atoms with E-state index in [-0.39, 0.29) is 11.8 Å². The molecule has 0 fully saturated rings. The first kappa shape index (κ1) is 19.8. The number of nitrogens with zero attached hydrogens (tertiary/aromatic N) is 2. The summed E-state index contributed by atoms with van der Waals surface area (Å²) in [5.41, 5.74) is 4.10. The van der Waals surface area contributed by atoms with Crippen LogP contribution in [0.5, 0.6) is 0 Å². The van der Waals surface area contributed by atoms with E-state index >= 15 is 0 Å². The molecule has 0 radical (unpaired) electrons. The molecule has 152 valence electrons. The number of pyridine rings is 1. The predicted octanol–water partition coefficient (Wildman–Crippen LogP) is 4.49. The van der Waals surface area contributed by atoms with Gasteiger partial charge in [0.2, 0.25) is 0 Å². The van der Waals surface area contributed by atoms with E-state index in [0.717, 1.165) is 10.4 Å². The summed E-state index contributed by atoms with van der Waals surface area (Å²) in [5.74, 6) is -0.484. The molecular formula is C22H20N4O3S. The summed E-state index contributed by atoms with van der Waals surface area (Å²) >= 11 is 1.68. The zero-order chi connectivity index (χ0) is 21.4. The second kappa shape index (κ2) is 7.72. The van der Waals surface area contributed by atoms with Gasteiger partial charge >= 0.3 is 0 Å². The normalized spacial score (nSPS) is 10.9. The molecule has 4 aromatic rings. The van der Waals surface area contributed by atoms with Crippen LogP contribution in [-0.4, -0.2) is 29.0 Å². The number of aryl methyl sites for hydroxylation is 3. The molecule has 0 saturated heterocycles. The molecule has 0 saturated carbocycles. The van der Waals surface area contributed by atoms with E-state index in [0.29, 0.717) is 39.3 Å². The van der Waals surface area contributed by atoms with Crippen molar-refractivity contribution in [3.05, 3.63) is 63.0 Å². The third-order valence-corrected chi connectivity index (χ3v) is 5.78. The second-order valence-corrected chi connectivity index (χ2v) is 8.40. The zero-order valence-corrected chi connectivity index (χ0v) is 17.8. The Morgan fingerprint density at radius 3 is 2.40 bits per heavy atom. The molecule has 2 amide bonds. The van der Waals surface area contributed by atoms with Gasteiger partial charge in [-0.3, -0.25) is 9.59 Å². The van der Waals surface area contributed by atoms with Gasteiger partial charge in [-0.15, -0.1) is 11.3 Å². The van der Waals surface area contributed by atoms with Crippen molar-refractivity contribution in [2.75, 3.05) is 12.4 Å². The number of anilines is 1. The van der Waals surface area contributed by atoms with Crippen molar-refractivity contribution in [2.45, 2.75) is 20.8 Å². The van der Waals surface area contributed by atoms with Crippen molar-refractivity contribution in [2.24, 2.45) is 0 Å². The molecule has 0 unspecified atom stereocenters. The molecule has 0 aliphatic carbocycles. The lowest BCUT2D eigenvalue weighted by Gasteiger charge is -2.09. The first-order valence-corrected chi connectivity index (χ1v) is 10.2. The van der Waals surface area contributed by atoms with Gasteiger partial charge in [-0.05, 0) is 57.2 Å². The highest BCUT2D eigenvalue weighted by atomic mass is 32.1. The Labute approximate surface area is 177 Å². The summed E-state index contributed by atoms with van der Waals surface area (Å²) in [6.07, 6.45) is 0. The maximum Gasteiger partial charge on any atom is 0.259 e. The van der Waals surface area contributed by atoms with E-state index in [1.165, 1.54) is 4.88 Å². The summed E-state index contributed by atoms with van der Waals surface area (Å²) in [6, 6.07) is 10.5. The molecule has 3 heterocycles. The van der Waals surface area contributed by atoms with Crippen LogP contribution < -0.4 is 10.6 Å². The molecule has 2 N–H and O–H groups in total. The van der Waals surface area contributed by atoms with Crippen molar-refractivity contribution in [3.8, 4) is 11.3 Å². The Hall–Kier alpha value is -3.52. The number of rotatable bonds is 4. The third-order valence-electron chi connectivity index (χ3n) is 4.81. The maximum atomic E-state index is 13.1. The quantitative estimate of drug-likeness (QED) is 0.507. The zero-order valence-electron chi connectivity index (χ0n) is 17.0. The van der Waals surface area contributed by atoms with Gasteiger partial charge in [0.05, 0.1) is 22.3 Å². The van der Waals surface area contributed by atoms with E-state index in [1.807, 2.05) is 13.8 Å². The average Bonchev–Trinajstić information content (AvgIpc) is 3.28. The summed E-state index contributed by atoms with van der Waals surface area (Å²) in [6.45, 7) is 5.84. The minimum Gasteiger partial charge on any atom is -0.355 e. The Morgan fingerprint density at radius 2 is 1.77 bits per heavy atom. The molecule has 0 aliphatic heterocycles. The fourth-order valence-corrected chi connectivity index (χ4v) is 4.28. The SMILES string of the molecule is CNC(=O)c1ccc(NC(=O)c2cc(-c3cc(C)sc3C)nc3onc(C)c23)cc1. The molecule has 0 bridgehead atoms. The Bertz CT molecular complexity index is 1270. The van der Waals surface area contributed by atoms with Crippen molar-refractivity contribution in [1.29, 1.82) is 0 Å². The van der Waals surface area contributed by atoms with Crippen molar-refractivity contribution in [3.63, 3.8) is 0 Å². The van der Waals surface area contributed by atoms with Crippen LogP contribution in [0, 0.1) is 20.8 Å².